The third-order valence-electron chi connectivity index (χ3n) is 2.47. The second-order valence-corrected chi connectivity index (χ2v) is 4.83. The van der Waals surface area contributed by atoms with E-state index in [1.165, 1.54) is 0 Å². The van der Waals surface area contributed by atoms with Gasteiger partial charge in [0.25, 0.3) is 0 Å². The quantitative estimate of drug-likeness (QED) is 0.902. The Labute approximate surface area is 115 Å². The minimum absolute atomic E-state index is 0.0851. The number of benzene rings is 1. The predicted molar refractivity (Wildman–Crippen MR) is 75.6 cm³/mol. The van der Waals surface area contributed by atoms with E-state index in [0.717, 1.165) is 23.2 Å². The fourth-order valence-corrected chi connectivity index (χ4v) is 2.05. The van der Waals surface area contributed by atoms with E-state index < -0.39 is 0 Å². The highest BCUT2D eigenvalue weighted by Crippen LogP contribution is 2.25. The van der Waals surface area contributed by atoms with E-state index in [0.29, 0.717) is 5.02 Å². The molecule has 1 aromatic carbocycles. The lowest BCUT2D eigenvalue weighted by atomic mass is 10.3. The van der Waals surface area contributed by atoms with Gasteiger partial charge in [-0.05, 0) is 48.0 Å². The molecular weight excluding hydrogens is 304 g/mol. The highest BCUT2D eigenvalue weighted by molar-refractivity contribution is 9.10. The first-order valence-electron chi connectivity index (χ1n) is 5.55. The minimum atomic E-state index is 0.0851. The molecule has 0 radical (unpaired) electrons. The summed E-state index contributed by atoms with van der Waals surface area (Å²) in [5, 5.41) is 3.72. The largest absolute Gasteiger partial charge is 0.375 e. The Morgan fingerprint density at radius 3 is 2.65 bits per heavy atom. The lowest BCUT2D eigenvalue weighted by Crippen LogP contribution is -2.35. The maximum Gasteiger partial charge on any atom is 0.241 e. The molecule has 0 heterocycles. The minimum Gasteiger partial charge on any atom is -0.375 e. The number of nitrogens with one attached hydrogen (secondary N) is 1. The fourth-order valence-electron chi connectivity index (χ4n) is 1.49. The smallest absolute Gasteiger partial charge is 0.241 e. The molecule has 0 spiro atoms. The monoisotopic (exact) mass is 318 g/mol. The van der Waals surface area contributed by atoms with Crippen LogP contribution in [0.3, 0.4) is 0 Å². The van der Waals surface area contributed by atoms with Gasteiger partial charge >= 0.3 is 0 Å². The number of carbonyl (C=O) groups is 1. The lowest BCUT2D eigenvalue weighted by Gasteiger charge is -2.19. The molecule has 1 rings (SSSR count). The highest BCUT2D eigenvalue weighted by atomic mass is 79.9. The lowest BCUT2D eigenvalue weighted by molar-refractivity contribution is -0.128. The van der Waals surface area contributed by atoms with Crippen LogP contribution in [0.2, 0.25) is 5.02 Å². The standard InChI is InChI=1S/C12H16BrClN2O/c1-3-16(4-2)12(17)8-15-11-7-9(14)5-6-10(11)13/h5-7,15H,3-4,8H2,1-2H3. The molecule has 0 aliphatic heterocycles. The van der Waals surface area contributed by atoms with Gasteiger partial charge in [-0.1, -0.05) is 11.6 Å². The zero-order chi connectivity index (χ0) is 12.8. The first-order chi connectivity index (χ1) is 8.08. The Bertz CT molecular complexity index is 394. The molecule has 0 aliphatic rings. The van der Waals surface area contributed by atoms with E-state index >= 15 is 0 Å². The third-order valence-corrected chi connectivity index (χ3v) is 3.40. The molecule has 94 valence electrons. The van der Waals surface area contributed by atoms with Crippen LogP contribution in [0.4, 0.5) is 5.69 Å². The van der Waals surface area contributed by atoms with Crippen molar-refractivity contribution in [2.45, 2.75) is 13.8 Å². The summed E-state index contributed by atoms with van der Waals surface area (Å²) in [7, 11) is 0. The molecule has 0 fully saturated rings. The summed E-state index contributed by atoms with van der Waals surface area (Å²) in [4.78, 5) is 13.6. The number of likely N-dealkylation sites (N-methyl/N-ethyl adjacent to an activating group) is 1. The van der Waals surface area contributed by atoms with Crippen LogP contribution < -0.4 is 5.32 Å². The van der Waals surface area contributed by atoms with Gasteiger partial charge in [0.2, 0.25) is 5.91 Å². The Hall–Kier alpha value is -0.740. The van der Waals surface area contributed by atoms with Gasteiger partial charge < -0.3 is 10.2 Å². The molecule has 0 bridgehead atoms. The van der Waals surface area contributed by atoms with Crippen molar-refractivity contribution < 1.29 is 4.79 Å². The average molecular weight is 320 g/mol. The molecule has 3 nitrogen and oxygen atoms in total. The van der Waals surface area contributed by atoms with Gasteiger partial charge in [0.15, 0.2) is 0 Å². The number of anilines is 1. The molecule has 0 aromatic heterocycles. The van der Waals surface area contributed by atoms with Gasteiger partial charge in [0, 0.05) is 22.6 Å². The summed E-state index contributed by atoms with van der Waals surface area (Å²) < 4.78 is 0.897. The second-order valence-electron chi connectivity index (χ2n) is 3.54. The van der Waals surface area contributed by atoms with Gasteiger partial charge in [-0.2, -0.15) is 0 Å². The van der Waals surface area contributed by atoms with Crippen molar-refractivity contribution in [2.75, 3.05) is 25.0 Å². The van der Waals surface area contributed by atoms with Gasteiger partial charge in [0.05, 0.1) is 12.2 Å². The van der Waals surface area contributed by atoms with Crippen LogP contribution in [0, 0.1) is 0 Å². The predicted octanol–water partition coefficient (Wildman–Crippen LogP) is 3.38. The maximum absolute atomic E-state index is 11.8. The van der Waals surface area contributed by atoms with Crippen molar-refractivity contribution in [1.29, 1.82) is 0 Å². The summed E-state index contributed by atoms with van der Waals surface area (Å²) in [5.41, 5.74) is 0.831. The number of hydrogen-bond donors (Lipinski definition) is 1. The van der Waals surface area contributed by atoms with E-state index in [9.17, 15) is 4.79 Å². The Morgan fingerprint density at radius 2 is 2.06 bits per heavy atom. The van der Waals surface area contributed by atoms with Crippen molar-refractivity contribution in [1.82, 2.24) is 4.90 Å². The van der Waals surface area contributed by atoms with Crippen LogP contribution in [0.5, 0.6) is 0 Å². The molecule has 1 aromatic rings. The number of hydrogen-bond acceptors (Lipinski definition) is 2. The Kier molecular flexibility index (Phi) is 5.78. The normalized spacial score (nSPS) is 10.1. The van der Waals surface area contributed by atoms with Crippen molar-refractivity contribution >= 4 is 39.1 Å². The average Bonchev–Trinajstić information content (AvgIpc) is 2.32. The molecular formula is C12H16BrClN2O. The second kappa shape index (κ2) is 6.87. The van der Waals surface area contributed by atoms with Gasteiger partial charge in [-0.15, -0.1) is 0 Å². The van der Waals surface area contributed by atoms with E-state index in [2.05, 4.69) is 21.2 Å². The van der Waals surface area contributed by atoms with Gasteiger partial charge in [-0.3, -0.25) is 4.79 Å². The summed E-state index contributed by atoms with van der Waals surface area (Å²) in [6, 6.07) is 5.44. The maximum atomic E-state index is 11.8. The molecule has 0 unspecified atom stereocenters. The van der Waals surface area contributed by atoms with Crippen molar-refractivity contribution in [3.05, 3.63) is 27.7 Å². The van der Waals surface area contributed by atoms with Crippen molar-refractivity contribution in [3.8, 4) is 0 Å². The molecule has 1 amide bonds. The van der Waals surface area contributed by atoms with Crippen LogP contribution in [0.25, 0.3) is 0 Å². The first kappa shape index (κ1) is 14.3. The molecule has 5 heteroatoms. The SMILES string of the molecule is CCN(CC)C(=O)CNc1cc(Cl)ccc1Br. The van der Waals surface area contributed by atoms with E-state index in [1.807, 2.05) is 19.9 Å². The molecule has 0 atom stereocenters. The van der Waals surface area contributed by atoms with Crippen LogP contribution in [-0.2, 0) is 4.79 Å². The number of carbonyl (C=O) groups excluding carboxylic acids is 1. The van der Waals surface area contributed by atoms with E-state index in [4.69, 9.17) is 11.6 Å². The number of halogens is 2. The zero-order valence-electron chi connectivity index (χ0n) is 9.96. The van der Waals surface area contributed by atoms with Crippen molar-refractivity contribution in [2.24, 2.45) is 0 Å². The van der Waals surface area contributed by atoms with Crippen LogP contribution in [0.1, 0.15) is 13.8 Å². The van der Waals surface area contributed by atoms with E-state index in [-0.39, 0.29) is 12.5 Å². The Balaban J connectivity index is 2.61. The molecule has 0 saturated heterocycles. The van der Waals surface area contributed by atoms with Gasteiger partial charge in [0.1, 0.15) is 0 Å². The summed E-state index contributed by atoms with van der Waals surface area (Å²) in [6.07, 6.45) is 0. The molecule has 0 aliphatic carbocycles. The van der Waals surface area contributed by atoms with Crippen LogP contribution in [0.15, 0.2) is 22.7 Å². The fraction of sp³-hybridized carbons (Fsp3) is 0.417. The third kappa shape index (κ3) is 4.21. The summed E-state index contributed by atoms with van der Waals surface area (Å²) in [6.45, 7) is 5.68. The number of amides is 1. The summed E-state index contributed by atoms with van der Waals surface area (Å²) in [5.74, 6) is 0.0851. The first-order valence-corrected chi connectivity index (χ1v) is 6.72. The number of nitrogens with zero attached hydrogens (tertiary/aromatic N) is 1. The van der Waals surface area contributed by atoms with Crippen LogP contribution in [-0.4, -0.2) is 30.4 Å². The highest BCUT2D eigenvalue weighted by Gasteiger charge is 2.09. The topological polar surface area (TPSA) is 32.3 Å². The van der Waals surface area contributed by atoms with Crippen LogP contribution >= 0.6 is 27.5 Å². The Morgan fingerprint density at radius 1 is 1.41 bits per heavy atom. The van der Waals surface area contributed by atoms with E-state index in [1.54, 1.807) is 17.0 Å². The van der Waals surface area contributed by atoms with Gasteiger partial charge in [-0.25, -0.2) is 0 Å². The number of rotatable bonds is 5. The molecule has 1 N–H and O–H groups in total. The molecule has 17 heavy (non-hydrogen) atoms. The van der Waals surface area contributed by atoms with Crippen molar-refractivity contribution in [3.63, 3.8) is 0 Å². The molecule has 0 saturated carbocycles. The summed E-state index contributed by atoms with van der Waals surface area (Å²) >= 11 is 9.30. The zero-order valence-corrected chi connectivity index (χ0v) is 12.3.